The Morgan fingerprint density at radius 3 is 2.62 bits per heavy atom. The normalized spacial score (nSPS) is 10.6. The number of aromatic nitrogens is 3. The summed E-state index contributed by atoms with van der Waals surface area (Å²) < 4.78 is 12.0. The predicted molar refractivity (Wildman–Crippen MR) is 132 cm³/mol. The Balaban J connectivity index is 1.84. The SMILES string of the molecule is C=NC(=O)Cc1cc(N)c(-n2c(C)cnc(NCCc3ccc(OC)c(OC)c3)c2=O)nc1C. The molecule has 0 saturated heterocycles. The Hall–Kier alpha value is -4.21. The lowest BCUT2D eigenvalue weighted by molar-refractivity contribution is -0.117. The van der Waals surface area contributed by atoms with E-state index < -0.39 is 0 Å². The van der Waals surface area contributed by atoms with Crippen LogP contribution in [-0.2, 0) is 17.6 Å². The molecular formula is C24H28N6O4. The summed E-state index contributed by atoms with van der Waals surface area (Å²) in [5.41, 5.74) is 8.90. The standard InChI is InChI=1S/C24H28N6O4/c1-14-13-28-22(27-9-8-16-6-7-19(33-4)20(10-16)34-5)24(32)30(14)23-18(25)11-17(15(2)29-23)12-21(31)26-3/h6-7,10-11,13H,3,8-9,12,25H2,1-2,4-5H3,(H,27,28). The van der Waals surface area contributed by atoms with Gasteiger partial charge in [-0.1, -0.05) is 6.07 Å². The maximum Gasteiger partial charge on any atom is 0.299 e. The summed E-state index contributed by atoms with van der Waals surface area (Å²) in [7, 11) is 3.17. The fourth-order valence-electron chi connectivity index (χ4n) is 3.51. The lowest BCUT2D eigenvalue weighted by Gasteiger charge is -2.15. The largest absolute Gasteiger partial charge is 0.493 e. The molecule has 1 aromatic carbocycles. The van der Waals surface area contributed by atoms with Crippen LogP contribution in [0.1, 0.15) is 22.5 Å². The van der Waals surface area contributed by atoms with Gasteiger partial charge in [0.25, 0.3) is 5.56 Å². The van der Waals surface area contributed by atoms with Crippen LogP contribution in [0.25, 0.3) is 5.82 Å². The molecule has 0 aliphatic rings. The van der Waals surface area contributed by atoms with Crippen LogP contribution in [0.2, 0.25) is 0 Å². The average molecular weight is 465 g/mol. The van der Waals surface area contributed by atoms with Crippen molar-refractivity contribution in [1.29, 1.82) is 0 Å². The number of pyridine rings is 1. The molecule has 0 radical (unpaired) electrons. The molecule has 2 aromatic heterocycles. The maximum atomic E-state index is 13.2. The molecule has 0 aliphatic heterocycles. The molecule has 3 N–H and O–H groups in total. The molecule has 3 aromatic rings. The van der Waals surface area contributed by atoms with E-state index in [0.29, 0.717) is 41.4 Å². The first-order valence-electron chi connectivity index (χ1n) is 10.6. The topological polar surface area (TPSA) is 134 Å². The van der Waals surface area contributed by atoms with E-state index in [2.05, 4.69) is 27.0 Å². The summed E-state index contributed by atoms with van der Waals surface area (Å²) in [4.78, 5) is 37.0. The van der Waals surface area contributed by atoms with Gasteiger partial charge in [0.15, 0.2) is 23.1 Å². The number of nitrogen functional groups attached to an aromatic ring is 1. The van der Waals surface area contributed by atoms with Gasteiger partial charge >= 0.3 is 0 Å². The lowest BCUT2D eigenvalue weighted by atomic mass is 10.1. The van der Waals surface area contributed by atoms with E-state index in [1.807, 2.05) is 18.2 Å². The highest BCUT2D eigenvalue weighted by molar-refractivity contribution is 5.83. The van der Waals surface area contributed by atoms with Crippen LogP contribution in [0.4, 0.5) is 11.5 Å². The van der Waals surface area contributed by atoms with E-state index >= 15 is 0 Å². The first kappa shape index (κ1) is 24.4. The summed E-state index contributed by atoms with van der Waals surface area (Å²) >= 11 is 0. The first-order chi connectivity index (χ1) is 16.3. The molecule has 0 fully saturated rings. The zero-order chi connectivity index (χ0) is 24.8. The molecular weight excluding hydrogens is 436 g/mol. The van der Waals surface area contributed by atoms with Crippen molar-refractivity contribution in [2.24, 2.45) is 4.99 Å². The van der Waals surface area contributed by atoms with Crippen LogP contribution >= 0.6 is 0 Å². The molecule has 0 aliphatic carbocycles. The molecule has 2 heterocycles. The zero-order valence-corrected chi connectivity index (χ0v) is 19.7. The van der Waals surface area contributed by atoms with Gasteiger partial charge < -0.3 is 20.5 Å². The third-order valence-electron chi connectivity index (χ3n) is 5.35. The molecule has 178 valence electrons. The van der Waals surface area contributed by atoms with E-state index in [9.17, 15) is 9.59 Å². The summed E-state index contributed by atoms with van der Waals surface area (Å²) in [6.45, 7) is 7.21. The van der Waals surface area contributed by atoms with Crippen molar-refractivity contribution in [3.8, 4) is 17.3 Å². The van der Waals surface area contributed by atoms with E-state index in [0.717, 1.165) is 5.56 Å². The number of carbonyl (C=O) groups is 1. The number of hydrogen-bond acceptors (Lipinski definition) is 8. The van der Waals surface area contributed by atoms with Gasteiger partial charge in [0.2, 0.25) is 5.91 Å². The van der Waals surface area contributed by atoms with Crippen molar-refractivity contribution < 1.29 is 14.3 Å². The number of methoxy groups -OCH3 is 2. The highest BCUT2D eigenvalue weighted by Crippen LogP contribution is 2.27. The van der Waals surface area contributed by atoms with Crippen LogP contribution in [0.5, 0.6) is 11.5 Å². The Labute approximate surface area is 197 Å². The third kappa shape index (κ3) is 5.22. The predicted octanol–water partition coefficient (Wildman–Crippen LogP) is 2.27. The zero-order valence-electron chi connectivity index (χ0n) is 19.7. The van der Waals surface area contributed by atoms with Gasteiger partial charge in [0.05, 0.1) is 26.3 Å². The number of carbonyl (C=O) groups excluding carboxylic acids is 1. The quantitative estimate of drug-likeness (QED) is 0.461. The number of nitrogens with one attached hydrogen (secondary N) is 1. The first-order valence-corrected chi connectivity index (χ1v) is 10.6. The smallest absolute Gasteiger partial charge is 0.299 e. The van der Waals surface area contributed by atoms with Crippen LogP contribution in [0.15, 0.2) is 40.2 Å². The second-order valence-electron chi connectivity index (χ2n) is 7.63. The van der Waals surface area contributed by atoms with Crippen LogP contribution in [0, 0.1) is 13.8 Å². The Kier molecular flexibility index (Phi) is 7.62. The number of ether oxygens (including phenoxy) is 2. The fraction of sp³-hybridized carbons (Fsp3) is 0.292. The monoisotopic (exact) mass is 464 g/mol. The number of aliphatic imine (C=N–C) groups is 1. The maximum absolute atomic E-state index is 13.2. The minimum atomic E-state index is -0.379. The Morgan fingerprint density at radius 1 is 1.21 bits per heavy atom. The summed E-state index contributed by atoms with van der Waals surface area (Å²) in [6.07, 6.45) is 2.25. The molecule has 10 heteroatoms. The second-order valence-corrected chi connectivity index (χ2v) is 7.63. The van der Waals surface area contributed by atoms with Crippen molar-refractivity contribution in [1.82, 2.24) is 14.5 Å². The third-order valence-corrected chi connectivity index (χ3v) is 5.35. The van der Waals surface area contributed by atoms with Crippen molar-refractivity contribution in [2.45, 2.75) is 26.7 Å². The number of benzene rings is 1. The minimum Gasteiger partial charge on any atom is -0.493 e. The molecule has 0 atom stereocenters. The molecule has 10 nitrogen and oxygen atoms in total. The van der Waals surface area contributed by atoms with Gasteiger partial charge in [-0.15, -0.1) is 0 Å². The molecule has 34 heavy (non-hydrogen) atoms. The van der Waals surface area contributed by atoms with Gasteiger partial charge in [-0.3, -0.25) is 14.2 Å². The fourth-order valence-corrected chi connectivity index (χ4v) is 3.51. The van der Waals surface area contributed by atoms with Gasteiger partial charge in [-0.2, -0.15) is 0 Å². The number of nitrogens with two attached hydrogens (primary N) is 1. The van der Waals surface area contributed by atoms with Gasteiger partial charge in [0.1, 0.15) is 0 Å². The van der Waals surface area contributed by atoms with E-state index in [4.69, 9.17) is 15.2 Å². The van der Waals surface area contributed by atoms with Gasteiger partial charge in [0, 0.05) is 24.1 Å². The highest BCUT2D eigenvalue weighted by Gasteiger charge is 2.16. The Morgan fingerprint density at radius 2 is 1.94 bits per heavy atom. The van der Waals surface area contributed by atoms with Crippen LogP contribution < -0.4 is 26.1 Å². The van der Waals surface area contributed by atoms with E-state index in [1.54, 1.807) is 40.3 Å². The number of hydrogen-bond donors (Lipinski definition) is 2. The van der Waals surface area contributed by atoms with Crippen molar-refractivity contribution in [3.63, 3.8) is 0 Å². The van der Waals surface area contributed by atoms with E-state index in [1.165, 1.54) is 4.57 Å². The second kappa shape index (κ2) is 10.6. The molecule has 0 saturated carbocycles. The number of anilines is 2. The van der Waals surface area contributed by atoms with Crippen molar-refractivity contribution in [2.75, 3.05) is 31.8 Å². The molecule has 1 amide bonds. The molecule has 0 unspecified atom stereocenters. The lowest BCUT2D eigenvalue weighted by Crippen LogP contribution is -2.27. The minimum absolute atomic E-state index is 0.0417. The summed E-state index contributed by atoms with van der Waals surface area (Å²) in [5.74, 6) is 1.38. The molecule has 0 spiro atoms. The number of aryl methyl sites for hydroxylation is 2. The van der Waals surface area contributed by atoms with Gasteiger partial charge in [-0.05, 0) is 56.3 Å². The number of rotatable bonds is 9. The van der Waals surface area contributed by atoms with Crippen LogP contribution in [0.3, 0.4) is 0 Å². The van der Waals surface area contributed by atoms with Gasteiger partial charge in [-0.25, -0.2) is 15.0 Å². The van der Waals surface area contributed by atoms with Crippen molar-refractivity contribution >= 4 is 24.1 Å². The Bertz CT molecular complexity index is 1290. The number of nitrogens with zero attached hydrogens (tertiary/aromatic N) is 4. The average Bonchev–Trinajstić information content (AvgIpc) is 2.83. The summed E-state index contributed by atoms with van der Waals surface area (Å²) in [6, 6.07) is 7.30. The number of amides is 1. The van der Waals surface area contributed by atoms with Crippen LogP contribution in [-0.4, -0.2) is 47.9 Å². The molecule has 0 bridgehead atoms. The van der Waals surface area contributed by atoms with Crippen molar-refractivity contribution in [3.05, 3.63) is 63.3 Å². The summed E-state index contributed by atoms with van der Waals surface area (Å²) in [5, 5.41) is 3.09. The van der Waals surface area contributed by atoms with E-state index in [-0.39, 0.29) is 35.2 Å². The highest BCUT2D eigenvalue weighted by atomic mass is 16.5. The molecule has 3 rings (SSSR count).